The van der Waals surface area contributed by atoms with Crippen LogP contribution in [0.15, 0.2) is 150 Å². The second-order valence-electron chi connectivity index (χ2n) is 10.5. The summed E-state index contributed by atoms with van der Waals surface area (Å²) in [5.41, 5.74) is 4.44. The lowest BCUT2D eigenvalue weighted by Gasteiger charge is -2.15. The van der Waals surface area contributed by atoms with Gasteiger partial charge in [0.2, 0.25) is 0 Å². The Labute approximate surface area is 243 Å². The van der Waals surface area contributed by atoms with Crippen molar-refractivity contribution in [1.82, 2.24) is 0 Å². The van der Waals surface area contributed by atoms with Crippen LogP contribution in [0.5, 0.6) is 0 Å². The lowest BCUT2D eigenvalue weighted by Crippen LogP contribution is -1.88. The van der Waals surface area contributed by atoms with Gasteiger partial charge in [-0.2, -0.15) is 0 Å². The van der Waals surface area contributed by atoms with Crippen molar-refractivity contribution in [3.8, 4) is 22.3 Å². The molecule has 0 amide bonds. The van der Waals surface area contributed by atoms with Crippen molar-refractivity contribution in [2.24, 2.45) is 0 Å². The molecule has 9 aromatic rings. The van der Waals surface area contributed by atoms with E-state index in [1.165, 1.54) is 16.2 Å². The fraction of sp³-hybridized carbons (Fsp3) is 0. The molecule has 9 rings (SSSR count). The van der Waals surface area contributed by atoms with Crippen molar-refractivity contribution in [3.63, 3.8) is 0 Å². The first kappa shape index (κ1) is 18.0. The van der Waals surface area contributed by atoms with Gasteiger partial charge in [-0.15, -0.1) is 0 Å². The maximum Gasteiger partial charge on any atom is 0.136 e. The molecule has 0 atom stereocenters. The van der Waals surface area contributed by atoms with Crippen LogP contribution in [0.2, 0.25) is 0 Å². The van der Waals surface area contributed by atoms with Crippen molar-refractivity contribution in [3.05, 3.63) is 145 Å². The van der Waals surface area contributed by atoms with Crippen molar-refractivity contribution < 1.29 is 11.3 Å². The Morgan fingerprint density at radius 1 is 0.439 bits per heavy atom. The fourth-order valence-corrected chi connectivity index (χ4v) is 6.52. The molecule has 1 aromatic heterocycles. The molecule has 0 saturated heterocycles. The normalized spacial score (nSPS) is 13.6. The molecule has 0 radical (unpaired) electrons. The summed E-state index contributed by atoms with van der Waals surface area (Å²) in [5, 5.41) is 10.6. The van der Waals surface area contributed by atoms with Gasteiger partial charge in [-0.25, -0.2) is 0 Å². The van der Waals surface area contributed by atoms with E-state index in [0.29, 0.717) is 5.56 Å². The largest absolute Gasteiger partial charge is 0.456 e. The van der Waals surface area contributed by atoms with E-state index in [0.717, 1.165) is 60.0 Å². The standard InChI is InChI=1S/C40H24O/c1-2-10-25(11-3-1)29-17-8-14-28-23-38-36(24-34(28)29)40-33(18-9-19-37(40)41-38)39-31-16-7-5-13-27(31)22-35-30-15-6-4-12-26(30)20-21-32(35)39/h1-24H/i1D,2D,3D,10D,11D. The monoisotopic (exact) mass is 525 g/mol. The number of rotatable bonds is 2. The Morgan fingerprint density at radius 2 is 1.17 bits per heavy atom. The molecule has 41 heavy (non-hydrogen) atoms. The zero-order chi connectivity index (χ0) is 31.3. The van der Waals surface area contributed by atoms with E-state index in [1.54, 1.807) is 0 Å². The Kier molecular flexibility index (Phi) is 3.76. The van der Waals surface area contributed by atoms with Gasteiger partial charge in [0, 0.05) is 10.8 Å². The second-order valence-corrected chi connectivity index (χ2v) is 10.5. The zero-order valence-electron chi connectivity index (χ0n) is 26.9. The van der Waals surface area contributed by atoms with Gasteiger partial charge in [0.05, 0.1) is 6.85 Å². The van der Waals surface area contributed by atoms with Gasteiger partial charge < -0.3 is 4.42 Å². The Morgan fingerprint density at radius 3 is 2.07 bits per heavy atom. The summed E-state index contributed by atoms with van der Waals surface area (Å²) in [6, 6.07) is 38.0. The SMILES string of the molecule is [2H]c1c([2H])c([2H])c(-c2cccc3cc4oc5cccc(-c6c7ccccc7cc7c6ccc6ccccc67)c5c4cc23)c([2H])c1[2H]. The lowest BCUT2D eigenvalue weighted by atomic mass is 9.88. The molecule has 1 heteroatoms. The third-order valence-corrected chi connectivity index (χ3v) is 8.30. The third kappa shape index (κ3) is 3.30. The highest BCUT2D eigenvalue weighted by molar-refractivity contribution is 6.25. The molecular formula is C40H24O. The average molecular weight is 526 g/mol. The number of benzene rings is 8. The molecule has 0 fully saturated rings. The van der Waals surface area contributed by atoms with Gasteiger partial charge in [-0.1, -0.05) is 121 Å². The minimum absolute atomic E-state index is 0.191. The van der Waals surface area contributed by atoms with E-state index in [2.05, 4.69) is 78.9 Å². The molecule has 0 aliphatic rings. The second kappa shape index (κ2) is 8.55. The van der Waals surface area contributed by atoms with Crippen LogP contribution in [-0.4, -0.2) is 0 Å². The zero-order valence-corrected chi connectivity index (χ0v) is 21.9. The Hall–Kier alpha value is -5.40. The molecule has 0 N–H and O–H groups in total. The molecule has 1 heterocycles. The van der Waals surface area contributed by atoms with Crippen molar-refractivity contribution in [1.29, 1.82) is 0 Å². The van der Waals surface area contributed by atoms with E-state index >= 15 is 0 Å². The Balaban J connectivity index is 1.42. The molecule has 1 nitrogen and oxygen atoms in total. The molecule has 0 spiro atoms. The Bertz CT molecular complexity index is 2730. The van der Waals surface area contributed by atoms with Crippen molar-refractivity contribution in [2.75, 3.05) is 0 Å². The van der Waals surface area contributed by atoms with Crippen LogP contribution in [0.25, 0.3) is 87.3 Å². The van der Waals surface area contributed by atoms with E-state index in [9.17, 15) is 0 Å². The van der Waals surface area contributed by atoms with Gasteiger partial charge in [-0.05, 0) is 89.6 Å². The summed E-state index contributed by atoms with van der Waals surface area (Å²) >= 11 is 0. The summed E-state index contributed by atoms with van der Waals surface area (Å²) in [5.74, 6) is 0. The van der Waals surface area contributed by atoms with Crippen molar-refractivity contribution in [2.45, 2.75) is 0 Å². The summed E-state index contributed by atoms with van der Waals surface area (Å²) in [7, 11) is 0. The summed E-state index contributed by atoms with van der Waals surface area (Å²) in [4.78, 5) is 0. The quantitative estimate of drug-likeness (QED) is 0.162. The average Bonchev–Trinajstić information content (AvgIpc) is 3.46. The maximum absolute atomic E-state index is 8.68. The van der Waals surface area contributed by atoms with Gasteiger partial charge in [0.1, 0.15) is 11.2 Å². The van der Waals surface area contributed by atoms with E-state index in [1.807, 2.05) is 36.4 Å². The molecule has 190 valence electrons. The first-order chi connectivity index (χ1) is 22.4. The van der Waals surface area contributed by atoms with E-state index < -0.39 is 6.04 Å². The molecular weight excluding hydrogens is 496 g/mol. The third-order valence-electron chi connectivity index (χ3n) is 8.30. The van der Waals surface area contributed by atoms with Gasteiger partial charge in [0.25, 0.3) is 0 Å². The van der Waals surface area contributed by atoms with Crippen LogP contribution < -0.4 is 0 Å². The number of hydrogen-bond donors (Lipinski definition) is 0. The van der Waals surface area contributed by atoms with E-state index in [4.69, 9.17) is 11.3 Å². The highest BCUT2D eigenvalue weighted by Gasteiger charge is 2.19. The lowest BCUT2D eigenvalue weighted by molar-refractivity contribution is 0.669. The molecule has 0 saturated carbocycles. The highest BCUT2D eigenvalue weighted by atomic mass is 16.3. The van der Waals surface area contributed by atoms with Crippen LogP contribution in [0.3, 0.4) is 0 Å². The van der Waals surface area contributed by atoms with Gasteiger partial charge in [0.15, 0.2) is 0 Å². The molecule has 0 aliphatic heterocycles. The first-order valence-corrected chi connectivity index (χ1v) is 13.7. The summed E-state index contributed by atoms with van der Waals surface area (Å²) in [6.45, 7) is 0. The van der Waals surface area contributed by atoms with E-state index in [-0.39, 0.29) is 29.7 Å². The maximum atomic E-state index is 8.68. The highest BCUT2D eigenvalue weighted by Crippen LogP contribution is 2.45. The molecule has 0 bridgehead atoms. The molecule has 0 unspecified atom stereocenters. The smallest absolute Gasteiger partial charge is 0.136 e. The predicted octanol–water partition coefficient (Wildman–Crippen LogP) is 11.5. The predicted molar refractivity (Wildman–Crippen MR) is 175 cm³/mol. The fourth-order valence-electron chi connectivity index (χ4n) is 6.52. The topological polar surface area (TPSA) is 13.1 Å². The number of furan rings is 1. The van der Waals surface area contributed by atoms with Crippen LogP contribution in [0, 0.1) is 0 Å². The van der Waals surface area contributed by atoms with Crippen LogP contribution >= 0.6 is 0 Å². The number of fused-ring (bicyclic) bond motifs is 8. The minimum Gasteiger partial charge on any atom is -0.456 e. The summed E-state index contributed by atoms with van der Waals surface area (Å²) in [6.07, 6.45) is 0. The first-order valence-electron chi connectivity index (χ1n) is 16.2. The van der Waals surface area contributed by atoms with Crippen LogP contribution in [0.4, 0.5) is 0 Å². The molecule has 0 aliphatic carbocycles. The van der Waals surface area contributed by atoms with Crippen LogP contribution in [-0.2, 0) is 0 Å². The van der Waals surface area contributed by atoms with Gasteiger partial charge >= 0.3 is 0 Å². The van der Waals surface area contributed by atoms with Gasteiger partial charge in [-0.3, -0.25) is 0 Å². The van der Waals surface area contributed by atoms with Crippen LogP contribution in [0.1, 0.15) is 6.85 Å². The minimum atomic E-state index is -0.401. The number of hydrogen-bond acceptors (Lipinski definition) is 1. The summed E-state index contributed by atoms with van der Waals surface area (Å²) < 4.78 is 48.5. The molecule has 8 aromatic carbocycles. The van der Waals surface area contributed by atoms with Crippen molar-refractivity contribution >= 4 is 65.0 Å².